The molecule has 4 N–H and O–H groups in total. The molecule has 1 rings (SSSR count). The van der Waals surface area contributed by atoms with Crippen molar-refractivity contribution >= 4 is 16.4 Å². The van der Waals surface area contributed by atoms with E-state index < -0.39 is 59.8 Å². The van der Waals surface area contributed by atoms with Crippen molar-refractivity contribution in [2.75, 3.05) is 26.4 Å². The maximum absolute atomic E-state index is 12.8. The van der Waals surface area contributed by atoms with Crippen LogP contribution in [0.4, 0.5) is 0 Å². The highest BCUT2D eigenvalue weighted by molar-refractivity contribution is 7.80. The van der Waals surface area contributed by atoms with Crippen LogP contribution in [0, 0.1) is 0 Å². The maximum atomic E-state index is 12.8. The quantitative estimate of drug-likeness (QED) is 0.0259. The summed E-state index contributed by atoms with van der Waals surface area (Å²) in [5.41, 5.74) is 0. The highest BCUT2D eigenvalue weighted by Crippen LogP contribution is 2.26. The van der Waals surface area contributed by atoms with Crippen molar-refractivity contribution in [3.8, 4) is 0 Å². The lowest BCUT2D eigenvalue weighted by atomic mass is 9.99. The van der Waals surface area contributed by atoms with Gasteiger partial charge in [0, 0.05) is 13.0 Å². The standard InChI is InChI=1S/C48H94O12S/c1-3-5-7-9-11-13-15-16-17-18-19-20-21-22-23-24-25-26-28-30-32-34-36-38-56-40-42(58-44(50)37-35-33-31-29-27-14-12-10-8-6-4-2)41-57-48-46(52)47(60-61(53,54)55)45(51)43(39-49)59-48/h42-43,45-49,51-52H,3-41H2,1-2H3,(H,53,54,55). The molecule has 6 unspecified atom stereocenters. The fraction of sp³-hybridized carbons (Fsp3) is 0.979. The van der Waals surface area contributed by atoms with E-state index in [9.17, 15) is 28.5 Å². The number of carbonyl (C=O) groups excluding carboxylic acids is 1. The van der Waals surface area contributed by atoms with E-state index >= 15 is 0 Å². The van der Waals surface area contributed by atoms with Crippen molar-refractivity contribution < 1.29 is 56.2 Å². The molecule has 0 amide bonds. The van der Waals surface area contributed by atoms with Crippen LogP contribution in [0.2, 0.25) is 0 Å². The summed E-state index contributed by atoms with van der Waals surface area (Å²) in [6.45, 7) is 4.03. The zero-order valence-corrected chi connectivity index (χ0v) is 39.8. The minimum atomic E-state index is -5.06. The molecule has 0 aliphatic carbocycles. The van der Waals surface area contributed by atoms with E-state index in [1.807, 2.05) is 0 Å². The summed E-state index contributed by atoms with van der Waals surface area (Å²) in [5.74, 6) is -0.394. The second kappa shape index (κ2) is 40.6. The largest absolute Gasteiger partial charge is 0.457 e. The Morgan fingerprint density at radius 3 is 1.31 bits per heavy atom. The van der Waals surface area contributed by atoms with Crippen LogP contribution in [-0.4, -0.2) is 97.5 Å². The molecular weight excluding hydrogens is 801 g/mol. The number of hydrogen-bond acceptors (Lipinski definition) is 11. The van der Waals surface area contributed by atoms with E-state index in [0.29, 0.717) is 13.0 Å². The molecule has 61 heavy (non-hydrogen) atoms. The predicted molar refractivity (Wildman–Crippen MR) is 244 cm³/mol. The molecule has 12 nitrogen and oxygen atoms in total. The van der Waals surface area contributed by atoms with E-state index in [-0.39, 0.29) is 19.6 Å². The molecule has 1 aliphatic heterocycles. The molecule has 0 aromatic carbocycles. The van der Waals surface area contributed by atoms with Gasteiger partial charge < -0.3 is 34.3 Å². The van der Waals surface area contributed by atoms with Gasteiger partial charge in [0.15, 0.2) is 6.29 Å². The molecule has 364 valence electrons. The second-order valence-electron chi connectivity index (χ2n) is 17.8. The molecule has 1 heterocycles. The lowest BCUT2D eigenvalue weighted by molar-refractivity contribution is -0.301. The van der Waals surface area contributed by atoms with Crippen molar-refractivity contribution in [3.63, 3.8) is 0 Å². The number of unbranched alkanes of at least 4 members (excludes halogenated alkanes) is 32. The van der Waals surface area contributed by atoms with Gasteiger partial charge in [0.25, 0.3) is 0 Å². The summed E-state index contributed by atoms with van der Waals surface area (Å²) < 4.78 is 59.1. The van der Waals surface area contributed by atoms with Crippen LogP contribution in [0.25, 0.3) is 0 Å². The topological polar surface area (TPSA) is 178 Å². The number of ether oxygens (including phenoxy) is 4. The third-order valence-corrected chi connectivity index (χ3v) is 12.4. The molecule has 1 saturated heterocycles. The van der Waals surface area contributed by atoms with Gasteiger partial charge in [0.05, 0.1) is 19.8 Å². The first-order chi connectivity index (χ1) is 29.6. The summed E-state index contributed by atoms with van der Waals surface area (Å²) in [6.07, 6.45) is 34.4. The van der Waals surface area contributed by atoms with Crippen LogP contribution >= 0.6 is 0 Å². The summed E-state index contributed by atoms with van der Waals surface area (Å²) >= 11 is 0. The first-order valence-corrected chi connectivity index (χ1v) is 26.7. The van der Waals surface area contributed by atoms with Crippen LogP contribution in [-0.2, 0) is 38.3 Å². The van der Waals surface area contributed by atoms with Gasteiger partial charge in [-0.1, -0.05) is 219 Å². The predicted octanol–water partition coefficient (Wildman–Crippen LogP) is 11.3. The first-order valence-electron chi connectivity index (χ1n) is 25.3. The van der Waals surface area contributed by atoms with Gasteiger partial charge in [-0.05, 0) is 12.8 Å². The van der Waals surface area contributed by atoms with Crippen LogP contribution in [0.5, 0.6) is 0 Å². The fourth-order valence-corrected chi connectivity index (χ4v) is 8.65. The van der Waals surface area contributed by atoms with E-state index in [2.05, 4.69) is 18.0 Å². The molecule has 0 saturated carbocycles. The van der Waals surface area contributed by atoms with Gasteiger partial charge in [-0.25, -0.2) is 4.18 Å². The Balaban J connectivity index is 2.28. The van der Waals surface area contributed by atoms with E-state index in [1.54, 1.807) is 0 Å². The average molecular weight is 895 g/mol. The molecule has 1 fully saturated rings. The highest BCUT2D eigenvalue weighted by Gasteiger charge is 2.48. The summed E-state index contributed by atoms with van der Waals surface area (Å²) in [6, 6.07) is 0. The molecule has 6 atom stereocenters. The number of hydrogen-bond donors (Lipinski definition) is 4. The van der Waals surface area contributed by atoms with E-state index in [1.165, 1.54) is 173 Å². The second-order valence-corrected chi connectivity index (χ2v) is 18.8. The van der Waals surface area contributed by atoms with Gasteiger partial charge in [-0.15, -0.1) is 0 Å². The number of carbonyl (C=O) groups is 1. The molecule has 0 radical (unpaired) electrons. The van der Waals surface area contributed by atoms with Crippen molar-refractivity contribution in [1.29, 1.82) is 0 Å². The molecule has 0 aromatic heterocycles. The summed E-state index contributed by atoms with van der Waals surface area (Å²) in [4.78, 5) is 12.8. The Morgan fingerprint density at radius 2 is 0.934 bits per heavy atom. The van der Waals surface area contributed by atoms with Crippen molar-refractivity contribution in [3.05, 3.63) is 0 Å². The minimum absolute atomic E-state index is 0.0448. The van der Waals surface area contributed by atoms with Crippen molar-refractivity contribution in [1.82, 2.24) is 0 Å². The van der Waals surface area contributed by atoms with Gasteiger partial charge >= 0.3 is 16.4 Å². The van der Waals surface area contributed by atoms with Crippen LogP contribution < -0.4 is 0 Å². The van der Waals surface area contributed by atoms with Gasteiger partial charge in [-0.2, -0.15) is 8.42 Å². The Morgan fingerprint density at radius 1 is 0.557 bits per heavy atom. The zero-order valence-electron chi connectivity index (χ0n) is 39.0. The lowest BCUT2D eigenvalue weighted by Crippen LogP contribution is -2.60. The number of rotatable bonds is 45. The average Bonchev–Trinajstić information content (AvgIpc) is 3.23. The molecule has 13 heteroatoms. The Labute approximate surface area is 373 Å². The van der Waals surface area contributed by atoms with Crippen molar-refractivity contribution in [2.45, 2.75) is 275 Å². The monoisotopic (exact) mass is 895 g/mol. The van der Waals surface area contributed by atoms with Crippen LogP contribution in [0.15, 0.2) is 0 Å². The molecule has 0 aromatic rings. The Bertz CT molecular complexity index is 1080. The third-order valence-electron chi connectivity index (χ3n) is 12.0. The zero-order chi connectivity index (χ0) is 44.7. The normalized spacial score (nSPS) is 20.0. The lowest BCUT2D eigenvalue weighted by Gasteiger charge is -2.41. The molecule has 0 spiro atoms. The van der Waals surface area contributed by atoms with Gasteiger partial charge in [0.2, 0.25) is 0 Å². The Hall–Kier alpha value is -0.900. The Kier molecular flexibility index (Phi) is 38.7. The van der Waals surface area contributed by atoms with Crippen LogP contribution in [0.3, 0.4) is 0 Å². The van der Waals surface area contributed by atoms with Crippen LogP contribution in [0.1, 0.15) is 239 Å². The third kappa shape index (κ3) is 34.2. The van der Waals surface area contributed by atoms with E-state index in [0.717, 1.165) is 38.5 Å². The smallest absolute Gasteiger partial charge is 0.397 e. The summed E-state index contributed by atoms with van der Waals surface area (Å²) in [7, 11) is -5.06. The fourth-order valence-electron chi connectivity index (χ4n) is 8.15. The molecule has 0 bridgehead atoms. The number of aliphatic hydroxyl groups is 3. The van der Waals surface area contributed by atoms with Gasteiger partial charge in [-0.3, -0.25) is 9.35 Å². The van der Waals surface area contributed by atoms with Gasteiger partial charge in [0.1, 0.15) is 30.5 Å². The van der Waals surface area contributed by atoms with Crippen molar-refractivity contribution in [2.24, 2.45) is 0 Å². The molecular formula is C48H94O12S. The van der Waals surface area contributed by atoms with E-state index in [4.69, 9.17) is 23.5 Å². The SMILES string of the molecule is CCCCCCCCCCCCCCCCCCCCCCCCCOCC(COC1OC(CO)C(O)C(OS(=O)(=O)O)C1O)OC(=O)CCCCCCCCCCCCC. The number of esters is 1. The number of aliphatic hydroxyl groups excluding tert-OH is 3. The maximum Gasteiger partial charge on any atom is 0.397 e. The first kappa shape index (κ1) is 58.1. The minimum Gasteiger partial charge on any atom is -0.457 e. The highest BCUT2D eigenvalue weighted by atomic mass is 32.3. The molecule has 1 aliphatic rings. The summed E-state index contributed by atoms with van der Waals surface area (Å²) in [5, 5.41) is 30.7.